The van der Waals surface area contributed by atoms with Gasteiger partial charge in [0.2, 0.25) is 0 Å². The van der Waals surface area contributed by atoms with Crippen LogP contribution in [-0.2, 0) is 9.47 Å². The highest BCUT2D eigenvalue weighted by molar-refractivity contribution is 14.1. The fourth-order valence-electron chi connectivity index (χ4n) is 2.25. The van der Waals surface area contributed by atoms with Crippen molar-refractivity contribution in [2.75, 3.05) is 0 Å². The van der Waals surface area contributed by atoms with Gasteiger partial charge in [-0.1, -0.05) is 69.5 Å². The van der Waals surface area contributed by atoms with Crippen LogP contribution in [-0.4, -0.2) is 27.2 Å². The predicted molar refractivity (Wildman–Crippen MR) is 91.0 cm³/mol. The lowest BCUT2D eigenvalue weighted by Gasteiger charge is -2.38. The Morgan fingerprint density at radius 2 is 1.70 bits per heavy atom. The Morgan fingerprint density at radius 3 is 2.15 bits per heavy atom. The maximum Gasteiger partial charge on any atom is 0.172 e. The van der Waals surface area contributed by atoms with Crippen LogP contribution in [0.1, 0.15) is 73.1 Å². The molecule has 4 heteroatoms. The largest absolute Gasteiger partial charge is 0.367 e. The molecule has 120 valence electrons. The second-order valence-corrected chi connectivity index (χ2v) is 9.68. The minimum atomic E-state index is -0.805. The summed E-state index contributed by atoms with van der Waals surface area (Å²) in [6, 6.07) is 0. The van der Waals surface area contributed by atoms with Crippen molar-refractivity contribution in [2.45, 2.75) is 95.2 Å². The van der Waals surface area contributed by atoms with Crippen LogP contribution in [0.15, 0.2) is 0 Å². The lowest BCUT2D eigenvalue weighted by atomic mass is 9.94. The average Bonchev–Trinajstić information content (AvgIpc) is 2.38. The molecule has 0 amide bonds. The number of hydrogen-bond acceptors (Lipinski definition) is 3. The molecule has 0 aliphatic heterocycles. The van der Waals surface area contributed by atoms with Crippen molar-refractivity contribution in [3.8, 4) is 0 Å². The molecule has 1 rings (SSSR count). The van der Waals surface area contributed by atoms with Crippen molar-refractivity contribution in [1.82, 2.24) is 0 Å². The van der Waals surface area contributed by atoms with E-state index in [9.17, 15) is 5.11 Å². The number of ether oxygens (including phenoxy) is 2. The summed E-state index contributed by atoms with van der Waals surface area (Å²) in [5, 5.41) is 10.3. The summed E-state index contributed by atoms with van der Waals surface area (Å²) < 4.78 is 11.8. The smallest absolute Gasteiger partial charge is 0.172 e. The molecule has 0 aromatic heterocycles. The first-order chi connectivity index (χ1) is 9.16. The normalized spacial score (nSPS) is 24.1. The molecular formula is C16H31IO3. The van der Waals surface area contributed by atoms with E-state index in [1.54, 1.807) is 0 Å². The number of aliphatic hydroxyl groups excluding tert-OH is 1. The van der Waals surface area contributed by atoms with Crippen molar-refractivity contribution in [1.29, 1.82) is 0 Å². The first kappa shape index (κ1) is 18.7. The van der Waals surface area contributed by atoms with E-state index < -0.39 is 6.29 Å². The standard InChI is InChI=1S/C16H31IO3/c1-6-16(5,17)13(18)20-14(15(2,3)4)19-12-10-8-7-9-11-12/h12-14,18H,6-11H2,1-5H3. The molecule has 3 nitrogen and oxygen atoms in total. The summed E-state index contributed by atoms with van der Waals surface area (Å²) in [6.07, 6.45) is 5.99. The van der Waals surface area contributed by atoms with Gasteiger partial charge >= 0.3 is 0 Å². The first-order valence-electron chi connectivity index (χ1n) is 7.84. The minimum Gasteiger partial charge on any atom is -0.367 e. The molecule has 0 bridgehead atoms. The molecule has 0 heterocycles. The molecule has 0 aromatic carbocycles. The van der Waals surface area contributed by atoms with Crippen LogP contribution >= 0.6 is 22.6 Å². The summed E-state index contributed by atoms with van der Waals surface area (Å²) >= 11 is 2.27. The molecule has 1 aliphatic carbocycles. The lowest BCUT2D eigenvalue weighted by Crippen LogP contribution is -2.44. The average molecular weight is 398 g/mol. The molecule has 1 fully saturated rings. The zero-order chi connectivity index (χ0) is 15.4. The van der Waals surface area contributed by atoms with Crippen molar-refractivity contribution >= 4 is 22.6 Å². The lowest BCUT2D eigenvalue weighted by molar-refractivity contribution is -0.284. The number of halogens is 1. The monoisotopic (exact) mass is 398 g/mol. The molecule has 0 radical (unpaired) electrons. The zero-order valence-corrected chi connectivity index (χ0v) is 15.8. The van der Waals surface area contributed by atoms with E-state index in [1.807, 2.05) is 6.92 Å². The van der Waals surface area contributed by atoms with Gasteiger partial charge in [-0.05, 0) is 26.2 Å². The van der Waals surface area contributed by atoms with Crippen molar-refractivity contribution in [3.05, 3.63) is 0 Å². The molecule has 3 unspecified atom stereocenters. The Kier molecular flexibility index (Phi) is 7.23. The van der Waals surface area contributed by atoms with Crippen LogP contribution in [0, 0.1) is 5.41 Å². The third-order valence-corrected chi connectivity index (χ3v) is 5.33. The van der Waals surface area contributed by atoms with Gasteiger partial charge in [0.1, 0.15) is 0 Å². The van der Waals surface area contributed by atoms with Crippen molar-refractivity contribution < 1.29 is 14.6 Å². The van der Waals surface area contributed by atoms with Crippen molar-refractivity contribution in [2.24, 2.45) is 5.41 Å². The molecule has 0 spiro atoms. The fraction of sp³-hybridized carbons (Fsp3) is 1.00. The van der Waals surface area contributed by atoms with Crippen LogP contribution in [0.5, 0.6) is 0 Å². The van der Waals surface area contributed by atoms with E-state index in [1.165, 1.54) is 19.3 Å². The number of aliphatic hydroxyl groups is 1. The van der Waals surface area contributed by atoms with Crippen LogP contribution in [0.25, 0.3) is 0 Å². The van der Waals surface area contributed by atoms with E-state index >= 15 is 0 Å². The number of alkyl halides is 1. The molecule has 3 atom stereocenters. The maximum atomic E-state index is 10.3. The molecule has 1 saturated carbocycles. The van der Waals surface area contributed by atoms with Crippen LogP contribution in [0.4, 0.5) is 0 Å². The summed E-state index contributed by atoms with van der Waals surface area (Å²) in [4.78, 5) is 0. The number of rotatable bonds is 6. The zero-order valence-electron chi connectivity index (χ0n) is 13.6. The first-order valence-corrected chi connectivity index (χ1v) is 8.92. The quantitative estimate of drug-likeness (QED) is 0.402. The second kappa shape index (κ2) is 7.75. The Morgan fingerprint density at radius 1 is 1.15 bits per heavy atom. The second-order valence-electron chi connectivity index (χ2n) is 7.21. The highest BCUT2D eigenvalue weighted by Gasteiger charge is 2.37. The Bertz CT molecular complexity index is 280. The number of hydrogen-bond donors (Lipinski definition) is 1. The van der Waals surface area contributed by atoms with E-state index in [4.69, 9.17) is 9.47 Å². The molecular weight excluding hydrogens is 367 g/mol. The van der Waals surface area contributed by atoms with Gasteiger partial charge in [0.25, 0.3) is 0 Å². The van der Waals surface area contributed by atoms with Gasteiger partial charge in [0.05, 0.1) is 9.53 Å². The van der Waals surface area contributed by atoms with E-state index in [2.05, 4.69) is 50.3 Å². The Hall–Kier alpha value is 0.610. The molecule has 0 saturated heterocycles. The minimum absolute atomic E-state index is 0.140. The SMILES string of the molecule is CCC(C)(I)C(O)OC(OC1CCCCC1)C(C)(C)C. The maximum absolute atomic E-state index is 10.3. The van der Waals surface area contributed by atoms with Gasteiger partial charge in [-0.25, -0.2) is 0 Å². The predicted octanol–water partition coefficient (Wildman–Crippen LogP) is 4.65. The van der Waals surface area contributed by atoms with Gasteiger partial charge in [0.15, 0.2) is 12.6 Å². The van der Waals surface area contributed by atoms with Gasteiger partial charge in [-0.15, -0.1) is 0 Å². The van der Waals surface area contributed by atoms with Gasteiger partial charge in [0, 0.05) is 5.41 Å². The van der Waals surface area contributed by atoms with E-state index in [0.29, 0.717) is 0 Å². The Labute approximate surface area is 137 Å². The highest BCUT2D eigenvalue weighted by Crippen LogP contribution is 2.34. The Balaban J connectivity index is 2.65. The third-order valence-electron chi connectivity index (χ3n) is 4.03. The molecule has 20 heavy (non-hydrogen) atoms. The topological polar surface area (TPSA) is 38.7 Å². The highest BCUT2D eigenvalue weighted by atomic mass is 127. The molecule has 0 aromatic rings. The molecule has 1 aliphatic rings. The van der Waals surface area contributed by atoms with E-state index in [-0.39, 0.29) is 21.2 Å². The van der Waals surface area contributed by atoms with Crippen LogP contribution in [0.3, 0.4) is 0 Å². The van der Waals surface area contributed by atoms with Crippen LogP contribution in [0.2, 0.25) is 0 Å². The summed E-state index contributed by atoms with van der Waals surface area (Å²) in [7, 11) is 0. The van der Waals surface area contributed by atoms with Gasteiger partial charge in [-0.2, -0.15) is 0 Å². The van der Waals surface area contributed by atoms with E-state index in [0.717, 1.165) is 19.3 Å². The van der Waals surface area contributed by atoms with Crippen molar-refractivity contribution in [3.63, 3.8) is 0 Å². The molecule has 1 N–H and O–H groups in total. The third kappa shape index (κ3) is 5.78. The van der Waals surface area contributed by atoms with Gasteiger partial charge < -0.3 is 14.6 Å². The summed E-state index contributed by atoms with van der Waals surface area (Å²) in [6.45, 7) is 10.4. The van der Waals surface area contributed by atoms with Crippen LogP contribution < -0.4 is 0 Å². The summed E-state index contributed by atoms with van der Waals surface area (Å²) in [5.74, 6) is 0. The van der Waals surface area contributed by atoms with Gasteiger partial charge in [-0.3, -0.25) is 0 Å². The summed E-state index contributed by atoms with van der Waals surface area (Å²) in [5.41, 5.74) is -0.140. The fourth-order valence-corrected chi connectivity index (χ4v) is 2.40.